The molecule has 1 aromatic carbocycles. The number of rotatable bonds is 5. The third-order valence-corrected chi connectivity index (χ3v) is 2.87. The molecule has 0 aliphatic rings. The van der Waals surface area contributed by atoms with Crippen molar-refractivity contribution in [2.24, 2.45) is 5.73 Å². The molecule has 3 nitrogen and oxygen atoms in total. The molecule has 0 spiro atoms. The molecule has 0 saturated carbocycles. The molecule has 0 aliphatic heterocycles. The molecule has 2 N–H and O–H groups in total. The molecule has 3 heteroatoms. The van der Waals surface area contributed by atoms with Crippen LogP contribution in [0.4, 0.5) is 0 Å². The summed E-state index contributed by atoms with van der Waals surface area (Å²) in [6.45, 7) is 3.84. The number of nitrogens with zero attached hydrogens (tertiary/aromatic N) is 2. The first-order chi connectivity index (χ1) is 7.69. The van der Waals surface area contributed by atoms with Crippen molar-refractivity contribution in [1.29, 1.82) is 5.26 Å². The van der Waals surface area contributed by atoms with Crippen LogP contribution in [-0.2, 0) is 0 Å². The van der Waals surface area contributed by atoms with Crippen LogP contribution in [0, 0.1) is 11.3 Å². The molecular formula is C13H19N3. The molecule has 0 aromatic heterocycles. The van der Waals surface area contributed by atoms with Gasteiger partial charge in [0.25, 0.3) is 0 Å². The van der Waals surface area contributed by atoms with E-state index in [1.807, 2.05) is 18.2 Å². The molecule has 0 aliphatic carbocycles. The highest BCUT2D eigenvalue weighted by Gasteiger charge is 2.11. The van der Waals surface area contributed by atoms with Crippen molar-refractivity contribution in [3.63, 3.8) is 0 Å². The summed E-state index contributed by atoms with van der Waals surface area (Å²) >= 11 is 0. The van der Waals surface area contributed by atoms with Gasteiger partial charge in [-0.2, -0.15) is 5.26 Å². The largest absolute Gasteiger partial charge is 0.330 e. The van der Waals surface area contributed by atoms with Crippen LogP contribution in [0.5, 0.6) is 0 Å². The van der Waals surface area contributed by atoms with Crippen LogP contribution < -0.4 is 5.73 Å². The van der Waals surface area contributed by atoms with Gasteiger partial charge in [-0.15, -0.1) is 0 Å². The lowest BCUT2D eigenvalue weighted by Crippen LogP contribution is -2.25. The Kier molecular flexibility index (Phi) is 4.97. The van der Waals surface area contributed by atoms with Gasteiger partial charge in [0, 0.05) is 6.04 Å². The average Bonchev–Trinajstić information content (AvgIpc) is 2.35. The van der Waals surface area contributed by atoms with Crippen molar-refractivity contribution in [1.82, 2.24) is 4.90 Å². The van der Waals surface area contributed by atoms with E-state index in [4.69, 9.17) is 11.0 Å². The van der Waals surface area contributed by atoms with Crippen molar-refractivity contribution >= 4 is 0 Å². The minimum atomic E-state index is 0.319. The summed E-state index contributed by atoms with van der Waals surface area (Å²) in [5, 5.41) is 8.84. The van der Waals surface area contributed by atoms with Gasteiger partial charge in [0.1, 0.15) is 0 Å². The Labute approximate surface area is 97.5 Å². The number of hydrogen-bond donors (Lipinski definition) is 1. The van der Waals surface area contributed by atoms with E-state index in [9.17, 15) is 0 Å². The minimum Gasteiger partial charge on any atom is -0.330 e. The van der Waals surface area contributed by atoms with Gasteiger partial charge in [-0.05, 0) is 51.2 Å². The van der Waals surface area contributed by atoms with E-state index in [1.165, 1.54) is 5.56 Å². The molecule has 0 heterocycles. The Bertz CT molecular complexity index is 368. The lowest BCUT2D eigenvalue weighted by atomic mass is 10.0. The zero-order valence-corrected chi connectivity index (χ0v) is 9.98. The van der Waals surface area contributed by atoms with E-state index in [0.29, 0.717) is 6.04 Å². The topological polar surface area (TPSA) is 53.0 Å². The molecule has 1 aromatic rings. The zero-order valence-electron chi connectivity index (χ0n) is 9.98. The summed E-state index contributed by atoms with van der Waals surface area (Å²) in [5.74, 6) is 0. The average molecular weight is 217 g/mol. The number of nitrogens with two attached hydrogens (primary N) is 1. The molecule has 0 amide bonds. The second-order valence-corrected chi connectivity index (χ2v) is 4.04. The van der Waals surface area contributed by atoms with Gasteiger partial charge in [-0.3, -0.25) is 4.90 Å². The van der Waals surface area contributed by atoms with Crippen molar-refractivity contribution in [2.75, 3.05) is 20.1 Å². The van der Waals surface area contributed by atoms with Crippen molar-refractivity contribution < 1.29 is 0 Å². The Morgan fingerprint density at radius 3 is 2.88 bits per heavy atom. The van der Waals surface area contributed by atoms with E-state index in [1.54, 1.807) is 0 Å². The third kappa shape index (κ3) is 3.34. The molecule has 0 bridgehead atoms. The van der Waals surface area contributed by atoms with Crippen LogP contribution in [0.2, 0.25) is 0 Å². The summed E-state index contributed by atoms with van der Waals surface area (Å²) in [7, 11) is 2.08. The van der Waals surface area contributed by atoms with Crippen molar-refractivity contribution in [2.45, 2.75) is 19.4 Å². The van der Waals surface area contributed by atoms with Gasteiger partial charge >= 0.3 is 0 Å². The highest BCUT2D eigenvalue weighted by molar-refractivity contribution is 5.34. The Hall–Kier alpha value is -1.37. The zero-order chi connectivity index (χ0) is 12.0. The number of nitriles is 1. The number of hydrogen-bond acceptors (Lipinski definition) is 3. The molecule has 16 heavy (non-hydrogen) atoms. The van der Waals surface area contributed by atoms with Crippen LogP contribution in [-0.4, -0.2) is 25.0 Å². The molecule has 0 fully saturated rings. The van der Waals surface area contributed by atoms with Gasteiger partial charge in [-0.25, -0.2) is 0 Å². The Morgan fingerprint density at radius 2 is 2.25 bits per heavy atom. The summed E-state index contributed by atoms with van der Waals surface area (Å²) in [6, 6.07) is 10.3. The van der Waals surface area contributed by atoms with Crippen LogP contribution in [0.1, 0.15) is 30.5 Å². The molecule has 0 saturated heterocycles. The van der Waals surface area contributed by atoms with Gasteiger partial charge in [0.15, 0.2) is 0 Å². The second-order valence-electron chi connectivity index (χ2n) is 4.04. The van der Waals surface area contributed by atoms with E-state index in [0.717, 1.165) is 25.1 Å². The summed E-state index contributed by atoms with van der Waals surface area (Å²) in [5.41, 5.74) is 7.39. The second kappa shape index (κ2) is 6.26. The summed E-state index contributed by atoms with van der Waals surface area (Å²) in [6.07, 6.45) is 0.999. The molecule has 1 unspecified atom stereocenters. The molecule has 0 radical (unpaired) electrons. The monoisotopic (exact) mass is 217 g/mol. The first kappa shape index (κ1) is 12.7. The van der Waals surface area contributed by atoms with E-state index < -0.39 is 0 Å². The predicted octanol–water partition coefficient (Wildman–Crippen LogP) is 1.90. The normalized spacial score (nSPS) is 12.4. The van der Waals surface area contributed by atoms with Gasteiger partial charge in [0.05, 0.1) is 11.6 Å². The standard InChI is InChI=1S/C13H19N3/c1-11(16(2)8-4-7-14)13-6-3-5-12(9-13)10-15/h3,5-6,9,11H,4,7-8,14H2,1-2H3. The maximum atomic E-state index is 8.84. The minimum absolute atomic E-state index is 0.319. The number of benzene rings is 1. The van der Waals surface area contributed by atoms with Gasteiger partial charge < -0.3 is 5.73 Å². The van der Waals surface area contributed by atoms with E-state index >= 15 is 0 Å². The summed E-state index contributed by atoms with van der Waals surface area (Å²) in [4.78, 5) is 2.25. The molecule has 86 valence electrons. The fourth-order valence-electron chi connectivity index (χ4n) is 1.66. The van der Waals surface area contributed by atoms with E-state index in [-0.39, 0.29) is 0 Å². The smallest absolute Gasteiger partial charge is 0.0991 e. The van der Waals surface area contributed by atoms with Crippen molar-refractivity contribution in [3.05, 3.63) is 35.4 Å². The Morgan fingerprint density at radius 1 is 1.50 bits per heavy atom. The van der Waals surface area contributed by atoms with Crippen LogP contribution in [0.15, 0.2) is 24.3 Å². The molecule has 1 atom stereocenters. The Balaban J connectivity index is 2.71. The quantitative estimate of drug-likeness (QED) is 0.819. The van der Waals surface area contributed by atoms with Crippen molar-refractivity contribution in [3.8, 4) is 6.07 Å². The lowest BCUT2D eigenvalue weighted by molar-refractivity contribution is 0.260. The summed E-state index contributed by atoms with van der Waals surface area (Å²) < 4.78 is 0. The van der Waals surface area contributed by atoms with Crippen LogP contribution in [0.3, 0.4) is 0 Å². The SMILES string of the molecule is CC(c1cccc(C#N)c1)N(C)CCCN. The van der Waals surface area contributed by atoms with Crippen LogP contribution in [0.25, 0.3) is 0 Å². The third-order valence-electron chi connectivity index (χ3n) is 2.87. The fraction of sp³-hybridized carbons (Fsp3) is 0.462. The maximum Gasteiger partial charge on any atom is 0.0991 e. The predicted molar refractivity (Wildman–Crippen MR) is 65.9 cm³/mol. The van der Waals surface area contributed by atoms with Gasteiger partial charge in [0.2, 0.25) is 0 Å². The maximum absolute atomic E-state index is 8.84. The lowest BCUT2D eigenvalue weighted by Gasteiger charge is -2.24. The molecule has 1 rings (SSSR count). The van der Waals surface area contributed by atoms with E-state index in [2.05, 4.69) is 31.0 Å². The van der Waals surface area contributed by atoms with Gasteiger partial charge in [-0.1, -0.05) is 12.1 Å². The fourth-order valence-corrected chi connectivity index (χ4v) is 1.66. The van der Waals surface area contributed by atoms with Crippen LogP contribution >= 0.6 is 0 Å². The highest BCUT2D eigenvalue weighted by Crippen LogP contribution is 2.19. The highest BCUT2D eigenvalue weighted by atomic mass is 15.1. The first-order valence-corrected chi connectivity index (χ1v) is 5.59. The first-order valence-electron chi connectivity index (χ1n) is 5.59. The molecular weight excluding hydrogens is 198 g/mol.